The Hall–Kier alpha value is -2.40. The van der Waals surface area contributed by atoms with Gasteiger partial charge in [-0.15, -0.1) is 0 Å². The summed E-state index contributed by atoms with van der Waals surface area (Å²) in [5.74, 6) is 0.260. The number of nitro groups is 1. The predicted molar refractivity (Wildman–Crippen MR) is 95.3 cm³/mol. The second-order valence-electron chi connectivity index (χ2n) is 6.21. The fourth-order valence-corrected chi connectivity index (χ4v) is 3.38. The first-order valence-electron chi connectivity index (χ1n) is 8.30. The van der Waals surface area contributed by atoms with Gasteiger partial charge in [0.15, 0.2) is 0 Å². The van der Waals surface area contributed by atoms with Crippen molar-refractivity contribution in [1.29, 1.82) is 0 Å². The summed E-state index contributed by atoms with van der Waals surface area (Å²) in [5.41, 5.74) is 1.03. The number of hydrogen-bond donors (Lipinski definition) is 0. The molecule has 25 heavy (non-hydrogen) atoms. The van der Waals surface area contributed by atoms with Crippen molar-refractivity contribution in [2.75, 3.05) is 0 Å². The lowest BCUT2D eigenvalue weighted by atomic mass is 9.84. The van der Waals surface area contributed by atoms with Crippen LogP contribution in [0, 0.1) is 10.1 Å². The van der Waals surface area contributed by atoms with E-state index in [0.29, 0.717) is 11.7 Å². The van der Waals surface area contributed by atoms with E-state index in [0.717, 1.165) is 6.07 Å². The van der Waals surface area contributed by atoms with Gasteiger partial charge in [-0.1, -0.05) is 43.0 Å². The summed E-state index contributed by atoms with van der Waals surface area (Å²) in [6, 6.07) is 11.2. The first-order valence-corrected chi connectivity index (χ1v) is 8.68. The molecule has 0 radical (unpaired) electrons. The SMILES string of the molecule is O=C(Oc1ccc(C2CCCCC2)cc1)c1cc([N+](=O)[O-])ccc1Cl. The maximum Gasteiger partial charge on any atom is 0.345 e. The molecule has 0 heterocycles. The molecular formula is C19H18ClNO4. The van der Waals surface area contributed by atoms with Crippen molar-refractivity contribution >= 4 is 23.3 Å². The Bertz CT molecular complexity index is 783. The second-order valence-corrected chi connectivity index (χ2v) is 6.62. The van der Waals surface area contributed by atoms with E-state index in [1.165, 1.54) is 49.8 Å². The summed E-state index contributed by atoms with van der Waals surface area (Å²) in [6.07, 6.45) is 6.21. The van der Waals surface area contributed by atoms with Crippen LogP contribution in [0.25, 0.3) is 0 Å². The van der Waals surface area contributed by atoms with Gasteiger partial charge in [-0.25, -0.2) is 4.79 Å². The average molecular weight is 360 g/mol. The molecule has 0 bridgehead atoms. The number of esters is 1. The van der Waals surface area contributed by atoms with Gasteiger partial charge in [0.25, 0.3) is 5.69 Å². The molecule has 0 atom stereocenters. The summed E-state index contributed by atoms with van der Waals surface area (Å²) in [4.78, 5) is 22.5. The van der Waals surface area contributed by atoms with E-state index in [4.69, 9.17) is 16.3 Å². The van der Waals surface area contributed by atoms with Crippen molar-refractivity contribution in [3.63, 3.8) is 0 Å². The summed E-state index contributed by atoms with van der Waals surface area (Å²) in [6.45, 7) is 0. The van der Waals surface area contributed by atoms with Crippen LogP contribution in [-0.2, 0) is 0 Å². The fraction of sp³-hybridized carbons (Fsp3) is 0.316. The molecule has 1 aliphatic carbocycles. The molecule has 130 valence electrons. The van der Waals surface area contributed by atoms with Crippen LogP contribution < -0.4 is 4.74 Å². The Labute approximate surface area is 150 Å². The molecule has 0 spiro atoms. The number of carbonyl (C=O) groups excluding carboxylic acids is 1. The zero-order chi connectivity index (χ0) is 17.8. The number of nitrogens with zero attached hydrogens (tertiary/aromatic N) is 1. The minimum atomic E-state index is -0.709. The molecule has 2 aromatic carbocycles. The highest BCUT2D eigenvalue weighted by Crippen LogP contribution is 2.33. The third-order valence-electron chi connectivity index (χ3n) is 4.55. The third-order valence-corrected chi connectivity index (χ3v) is 4.88. The van der Waals surface area contributed by atoms with E-state index in [-0.39, 0.29) is 16.3 Å². The van der Waals surface area contributed by atoms with Crippen LogP contribution in [0.5, 0.6) is 5.75 Å². The first kappa shape index (κ1) is 17.4. The lowest BCUT2D eigenvalue weighted by Gasteiger charge is -2.22. The minimum Gasteiger partial charge on any atom is -0.423 e. The Balaban J connectivity index is 1.72. The van der Waals surface area contributed by atoms with Gasteiger partial charge in [-0.05, 0) is 42.5 Å². The second kappa shape index (κ2) is 7.66. The summed E-state index contributed by atoms with van der Waals surface area (Å²) >= 11 is 5.97. The van der Waals surface area contributed by atoms with Crippen LogP contribution in [0.15, 0.2) is 42.5 Å². The van der Waals surface area contributed by atoms with Gasteiger partial charge in [0, 0.05) is 12.1 Å². The Kier molecular flexibility index (Phi) is 5.34. The monoisotopic (exact) mass is 359 g/mol. The number of non-ortho nitro benzene ring substituents is 1. The average Bonchev–Trinajstić information content (AvgIpc) is 2.63. The van der Waals surface area contributed by atoms with E-state index in [1.54, 1.807) is 12.1 Å². The molecule has 6 heteroatoms. The lowest BCUT2D eigenvalue weighted by molar-refractivity contribution is -0.384. The predicted octanol–water partition coefficient (Wildman–Crippen LogP) is 5.52. The van der Waals surface area contributed by atoms with Gasteiger partial charge in [0.1, 0.15) is 5.75 Å². The van der Waals surface area contributed by atoms with Crippen molar-refractivity contribution in [2.45, 2.75) is 38.0 Å². The van der Waals surface area contributed by atoms with Crippen molar-refractivity contribution in [3.8, 4) is 5.75 Å². The van der Waals surface area contributed by atoms with E-state index < -0.39 is 10.9 Å². The van der Waals surface area contributed by atoms with Gasteiger partial charge in [-0.2, -0.15) is 0 Å². The third kappa shape index (κ3) is 4.17. The standard InChI is InChI=1S/C19H18ClNO4/c20-18-11-8-15(21(23)24)12-17(18)19(22)25-16-9-6-14(7-10-16)13-4-2-1-3-5-13/h6-13H,1-5H2. The fourth-order valence-electron chi connectivity index (χ4n) is 3.19. The van der Waals surface area contributed by atoms with E-state index in [1.807, 2.05) is 12.1 Å². The Morgan fingerprint density at radius 3 is 2.40 bits per heavy atom. The first-order chi connectivity index (χ1) is 12.0. The molecule has 1 aliphatic rings. The number of benzene rings is 2. The smallest absolute Gasteiger partial charge is 0.345 e. The molecular weight excluding hydrogens is 342 g/mol. The van der Waals surface area contributed by atoms with Crippen LogP contribution in [0.3, 0.4) is 0 Å². The van der Waals surface area contributed by atoms with Crippen molar-refractivity contribution in [3.05, 3.63) is 68.7 Å². The van der Waals surface area contributed by atoms with Gasteiger partial charge < -0.3 is 4.74 Å². The summed E-state index contributed by atoms with van der Waals surface area (Å²) in [5, 5.41) is 11.0. The minimum absolute atomic E-state index is 0.0211. The van der Waals surface area contributed by atoms with Crippen LogP contribution >= 0.6 is 11.6 Å². The highest BCUT2D eigenvalue weighted by Gasteiger charge is 2.19. The topological polar surface area (TPSA) is 69.4 Å². The molecule has 5 nitrogen and oxygen atoms in total. The number of halogens is 1. The molecule has 3 rings (SSSR count). The largest absolute Gasteiger partial charge is 0.423 e. The number of ether oxygens (including phenoxy) is 1. The molecule has 2 aromatic rings. The van der Waals surface area contributed by atoms with Gasteiger partial charge >= 0.3 is 5.97 Å². The molecule has 0 N–H and O–H groups in total. The lowest BCUT2D eigenvalue weighted by Crippen LogP contribution is -2.10. The number of hydrogen-bond acceptors (Lipinski definition) is 4. The quantitative estimate of drug-likeness (QED) is 0.312. The van der Waals surface area contributed by atoms with Crippen LogP contribution in [-0.4, -0.2) is 10.9 Å². The van der Waals surface area contributed by atoms with Crippen molar-refractivity contribution in [1.82, 2.24) is 0 Å². The van der Waals surface area contributed by atoms with Gasteiger partial charge in [-0.3, -0.25) is 10.1 Å². The van der Waals surface area contributed by atoms with Gasteiger partial charge in [0.2, 0.25) is 0 Å². The zero-order valence-corrected chi connectivity index (χ0v) is 14.4. The molecule has 1 fully saturated rings. The van der Waals surface area contributed by atoms with Crippen molar-refractivity contribution in [2.24, 2.45) is 0 Å². The van der Waals surface area contributed by atoms with Crippen molar-refractivity contribution < 1.29 is 14.5 Å². The number of carbonyl (C=O) groups is 1. The van der Waals surface area contributed by atoms with E-state index >= 15 is 0 Å². The zero-order valence-electron chi connectivity index (χ0n) is 13.6. The molecule has 0 aliphatic heterocycles. The summed E-state index contributed by atoms with van der Waals surface area (Å²) < 4.78 is 5.31. The molecule has 1 saturated carbocycles. The number of rotatable bonds is 4. The maximum absolute atomic E-state index is 12.3. The molecule has 0 amide bonds. The highest BCUT2D eigenvalue weighted by molar-refractivity contribution is 6.33. The maximum atomic E-state index is 12.3. The Morgan fingerprint density at radius 2 is 1.76 bits per heavy atom. The van der Waals surface area contributed by atoms with Crippen LogP contribution in [0.4, 0.5) is 5.69 Å². The molecule has 0 unspecified atom stereocenters. The van der Waals surface area contributed by atoms with E-state index in [2.05, 4.69) is 0 Å². The summed E-state index contributed by atoms with van der Waals surface area (Å²) in [7, 11) is 0. The van der Waals surface area contributed by atoms with Crippen LogP contribution in [0.2, 0.25) is 5.02 Å². The number of nitro benzene ring substituents is 1. The molecule has 0 aromatic heterocycles. The van der Waals surface area contributed by atoms with Crippen LogP contribution in [0.1, 0.15) is 53.9 Å². The highest BCUT2D eigenvalue weighted by atomic mass is 35.5. The molecule has 0 saturated heterocycles. The Morgan fingerprint density at radius 1 is 1.08 bits per heavy atom. The normalized spacial score (nSPS) is 14.9. The van der Waals surface area contributed by atoms with E-state index in [9.17, 15) is 14.9 Å². The van der Waals surface area contributed by atoms with Gasteiger partial charge in [0.05, 0.1) is 15.5 Å².